The quantitative estimate of drug-likeness (QED) is 0.0422. The van der Waals surface area contributed by atoms with Gasteiger partial charge in [-0.25, -0.2) is 19.2 Å². The van der Waals surface area contributed by atoms with E-state index in [1.54, 1.807) is 102 Å². The molecule has 2 saturated heterocycles. The molecule has 4 aromatic rings. The van der Waals surface area contributed by atoms with Gasteiger partial charge in [-0.3, -0.25) is 19.4 Å². The molecule has 2 atom stereocenters. The van der Waals surface area contributed by atoms with Crippen molar-refractivity contribution in [3.05, 3.63) is 154 Å². The van der Waals surface area contributed by atoms with Crippen LogP contribution < -0.4 is 21.7 Å². The minimum Gasteiger partial charge on any atom is -0.478 e. The van der Waals surface area contributed by atoms with E-state index < -0.39 is 59.3 Å². The van der Waals surface area contributed by atoms with E-state index in [1.807, 2.05) is 36.4 Å². The highest BCUT2D eigenvalue weighted by Gasteiger charge is 2.25. The normalized spacial score (nSPS) is 13.5. The van der Waals surface area contributed by atoms with E-state index in [0.717, 1.165) is 87.9 Å². The lowest BCUT2D eigenvalue weighted by Crippen LogP contribution is -2.49. The maximum atomic E-state index is 12.7. The Kier molecular flexibility index (Phi) is 38.7. The largest absolute Gasteiger partial charge is 0.478 e. The van der Waals surface area contributed by atoms with Crippen LogP contribution in [0.4, 0.5) is 9.59 Å². The Morgan fingerprint density at radius 1 is 0.570 bits per heavy atom. The third kappa shape index (κ3) is 32.7. The van der Waals surface area contributed by atoms with Crippen LogP contribution in [-0.4, -0.2) is 154 Å². The summed E-state index contributed by atoms with van der Waals surface area (Å²) in [5, 5.41) is 16.3. The number of carbonyl (C=O) groups is 6. The molecule has 0 radical (unpaired) electrons. The van der Waals surface area contributed by atoms with Gasteiger partial charge in [0.1, 0.15) is 23.3 Å². The number of benzene rings is 4. The number of carboxylic acids is 1. The van der Waals surface area contributed by atoms with Crippen LogP contribution in [0.1, 0.15) is 133 Å². The lowest BCUT2D eigenvalue weighted by atomic mass is 10.1. The van der Waals surface area contributed by atoms with E-state index in [0.29, 0.717) is 5.56 Å². The van der Waals surface area contributed by atoms with Crippen LogP contribution >= 0.6 is 0 Å². The monoisotopic (exact) mass is 1190 g/mol. The van der Waals surface area contributed by atoms with Gasteiger partial charge in [0.05, 0.1) is 52.8 Å². The molecule has 0 bridgehead atoms. The predicted molar refractivity (Wildman–Crippen MR) is 342 cm³/mol. The number of rotatable bonds is 15. The molecule has 0 aromatic heterocycles. The molecule has 0 saturated carbocycles. The molecule has 19 heteroatoms. The van der Waals surface area contributed by atoms with Crippen LogP contribution in [0.2, 0.25) is 0 Å². The number of ether oxygens (including phenoxy) is 6. The second-order valence-electron chi connectivity index (χ2n) is 20.4. The second kappa shape index (κ2) is 41.7. The number of carboxylic acid groups (broad SMARTS) is 1. The van der Waals surface area contributed by atoms with E-state index in [4.69, 9.17) is 34.5 Å². The van der Waals surface area contributed by atoms with Crippen molar-refractivity contribution in [2.24, 2.45) is 5.73 Å². The van der Waals surface area contributed by atoms with E-state index in [1.165, 1.54) is 25.3 Å². The number of nitrogens with one attached hydrogen (secondary N) is 3. The van der Waals surface area contributed by atoms with Gasteiger partial charge in [-0.15, -0.1) is 0 Å². The van der Waals surface area contributed by atoms with E-state index in [2.05, 4.69) is 78.4 Å². The summed E-state index contributed by atoms with van der Waals surface area (Å²) in [7, 11) is 2.44. The Balaban J connectivity index is 0. The van der Waals surface area contributed by atoms with Gasteiger partial charge in [-0.05, 0) is 137 Å². The fourth-order valence-corrected chi connectivity index (χ4v) is 7.25. The molecule has 2 fully saturated rings. The molecule has 0 spiro atoms. The number of hydrogen-bond donors (Lipinski definition) is 5. The highest BCUT2D eigenvalue weighted by molar-refractivity contribution is 5.97. The summed E-state index contributed by atoms with van der Waals surface area (Å²) in [6.45, 7) is 19.2. The number of esters is 2. The summed E-state index contributed by atoms with van der Waals surface area (Å²) in [5.74, 6) is 9.63. The lowest BCUT2D eigenvalue weighted by Gasteiger charge is -2.26. The number of alkyl carbamates (subject to hydrolysis) is 2. The predicted octanol–water partition coefficient (Wildman–Crippen LogP) is 9.85. The number of nitrogens with two attached hydrogens (primary N) is 1. The van der Waals surface area contributed by atoms with Crippen molar-refractivity contribution in [3.8, 4) is 23.7 Å². The maximum absolute atomic E-state index is 12.7. The number of allylic oxidation sites excluding steroid dienone is 2. The Morgan fingerprint density at radius 3 is 1.30 bits per heavy atom. The summed E-state index contributed by atoms with van der Waals surface area (Å²) in [6, 6.07) is 28.2. The van der Waals surface area contributed by atoms with Crippen molar-refractivity contribution in [2.45, 2.75) is 115 Å². The Hall–Kier alpha value is -8.30. The first kappa shape index (κ1) is 79.8. The fraction of sp³-hybridized carbons (Fsp3) is 0.433. The first-order valence-corrected chi connectivity index (χ1v) is 26.3. The SMILES string of the molecule is C.C.C.C.C.COC(=O)[C@@H](N)CNC(=O)OC(C)(C)C.COC(=O)[C@H](CNC(=O)OC(C)(C)C)NC(=O)c1ccc(C=CC#Cc2ccc(CN3CCOCC3)cc2)cc1.O=C(O)c1ccc(C=CC#Cc2ccc(CN3CCOCC3)cc2)cc1. The number of amides is 3. The molecule has 6 N–H and O–H groups in total. The zero-order valence-corrected chi connectivity index (χ0v) is 47.5. The molecule has 2 aliphatic heterocycles. The molecule has 19 nitrogen and oxygen atoms in total. The third-order valence-corrected chi connectivity index (χ3v) is 11.4. The fourth-order valence-electron chi connectivity index (χ4n) is 7.25. The van der Waals surface area contributed by atoms with E-state index in [9.17, 15) is 28.8 Å². The summed E-state index contributed by atoms with van der Waals surface area (Å²) < 4.78 is 30.0. The summed E-state index contributed by atoms with van der Waals surface area (Å²) in [4.78, 5) is 74.3. The molecule has 0 aliphatic carbocycles. The van der Waals surface area contributed by atoms with Crippen LogP contribution in [0.5, 0.6) is 0 Å². The Bertz CT molecular complexity index is 2840. The van der Waals surface area contributed by atoms with Gasteiger partial charge in [0, 0.05) is 62.5 Å². The van der Waals surface area contributed by atoms with Crippen LogP contribution in [-0.2, 0) is 51.1 Å². The number of carbonyl (C=O) groups excluding carboxylic acids is 5. The second-order valence-corrected chi connectivity index (χ2v) is 20.4. The zero-order valence-electron chi connectivity index (χ0n) is 47.5. The molecule has 6 rings (SSSR count). The van der Waals surface area contributed by atoms with Crippen molar-refractivity contribution >= 4 is 48.2 Å². The lowest BCUT2D eigenvalue weighted by molar-refractivity contribution is -0.143. The van der Waals surface area contributed by atoms with Gasteiger partial charge >= 0.3 is 30.1 Å². The standard InChI is InChI=1S/C31H37N3O6.C22H21NO3.C9H18N2O4.5CH4/c1-31(2,3)40-30(37)32-21-27(29(36)38-4)33-28(35)26-15-13-24(14-16-26)8-6-5-7-23-9-11-25(12-10-23)22-34-17-19-39-20-18-34;24-22(25)21-11-9-19(10-12-21)4-2-1-3-18-5-7-20(8-6-18)17-23-13-15-26-16-14-23;1-9(2,3)15-8(13)11-5-6(10)7(12)14-4;;;;;/h6,8-16,27H,17-22H2,1-4H3,(H,32,37)(H,33,35);2,4-12H,13-17H2,(H,24,25);6H,5,10H2,1-4H3,(H,11,13);5*1H4/t27-;;6-;;;;;/m0.0...../s1. The molecule has 472 valence electrons. The average Bonchev–Trinajstić information content (AvgIpc) is 3.66. The molecule has 0 unspecified atom stereocenters. The molecule has 86 heavy (non-hydrogen) atoms. The highest BCUT2D eigenvalue weighted by Crippen LogP contribution is 2.13. The molecule has 2 aliphatic rings. The maximum Gasteiger partial charge on any atom is 0.407 e. The van der Waals surface area contributed by atoms with Gasteiger partial charge in [0.25, 0.3) is 5.91 Å². The number of hydrogen-bond acceptors (Lipinski definition) is 15. The molecular weight excluding hydrogens is 1100 g/mol. The molecule has 4 aromatic carbocycles. The van der Waals surface area contributed by atoms with Crippen molar-refractivity contribution in [1.29, 1.82) is 0 Å². The summed E-state index contributed by atoms with van der Waals surface area (Å²) >= 11 is 0. The van der Waals surface area contributed by atoms with Gasteiger partial charge < -0.3 is 55.2 Å². The van der Waals surface area contributed by atoms with Crippen molar-refractivity contribution in [2.75, 3.05) is 79.9 Å². The third-order valence-electron chi connectivity index (χ3n) is 11.4. The number of aromatic carboxylic acids is 1. The topological polar surface area (TPSA) is 247 Å². The zero-order chi connectivity index (χ0) is 59.2. The minimum absolute atomic E-state index is 0. The number of morpholine rings is 2. The molecule has 3 amide bonds. The van der Waals surface area contributed by atoms with E-state index >= 15 is 0 Å². The van der Waals surface area contributed by atoms with Crippen LogP contribution in [0.25, 0.3) is 12.2 Å². The van der Waals surface area contributed by atoms with E-state index in [-0.39, 0.29) is 55.8 Å². The van der Waals surface area contributed by atoms with Crippen LogP contribution in [0, 0.1) is 23.7 Å². The van der Waals surface area contributed by atoms with Crippen LogP contribution in [0.3, 0.4) is 0 Å². The Labute approximate surface area is 512 Å². The van der Waals surface area contributed by atoms with Gasteiger partial charge in [0.15, 0.2) is 0 Å². The smallest absolute Gasteiger partial charge is 0.407 e. The van der Waals surface area contributed by atoms with Crippen molar-refractivity contribution < 1.29 is 62.3 Å². The molecular formula is C67H96N6O13. The summed E-state index contributed by atoms with van der Waals surface area (Å²) in [6.07, 6.45) is 5.94. The first-order chi connectivity index (χ1) is 38.6. The van der Waals surface area contributed by atoms with Crippen LogP contribution in [0.15, 0.2) is 109 Å². The molecule has 2 heterocycles. The number of methoxy groups -OCH3 is 2. The number of nitrogens with zero attached hydrogens (tertiary/aromatic N) is 2. The van der Waals surface area contributed by atoms with Gasteiger partial charge in [-0.1, -0.05) is 109 Å². The average molecular weight is 1190 g/mol. The minimum atomic E-state index is -1.08. The highest BCUT2D eigenvalue weighted by atomic mass is 16.6. The first-order valence-electron chi connectivity index (χ1n) is 26.3. The van der Waals surface area contributed by atoms with Gasteiger partial charge in [0.2, 0.25) is 0 Å². The Morgan fingerprint density at radius 2 is 0.942 bits per heavy atom. The summed E-state index contributed by atoms with van der Waals surface area (Å²) in [5.41, 5.74) is 11.0. The van der Waals surface area contributed by atoms with Gasteiger partial charge in [-0.2, -0.15) is 0 Å². The van der Waals surface area contributed by atoms with Crippen molar-refractivity contribution in [3.63, 3.8) is 0 Å². The van der Waals surface area contributed by atoms with Crippen molar-refractivity contribution in [1.82, 2.24) is 25.8 Å².